The third-order valence-electron chi connectivity index (χ3n) is 4.33. The van der Waals surface area contributed by atoms with Crippen LogP contribution in [-0.4, -0.2) is 22.2 Å². The molecule has 1 aliphatic heterocycles. The third-order valence-corrected chi connectivity index (χ3v) is 5.59. The van der Waals surface area contributed by atoms with Gasteiger partial charge in [-0.1, -0.05) is 42.8 Å². The molecular weight excluding hydrogens is 401 g/mol. The first kappa shape index (κ1) is 20.4. The predicted octanol–water partition coefficient (Wildman–Crippen LogP) is 5.89. The van der Waals surface area contributed by atoms with Gasteiger partial charge in [0.1, 0.15) is 11.6 Å². The number of carbonyl (C=O) groups excluding carboxylic acids is 2. The van der Waals surface area contributed by atoms with Crippen molar-refractivity contribution in [2.24, 2.45) is 0 Å². The summed E-state index contributed by atoms with van der Waals surface area (Å²) in [5.74, 6) is -0.223. The van der Waals surface area contributed by atoms with Crippen LogP contribution >= 0.6 is 23.4 Å². The zero-order valence-electron chi connectivity index (χ0n) is 15.4. The summed E-state index contributed by atoms with van der Waals surface area (Å²) < 4.78 is 19.1. The fourth-order valence-electron chi connectivity index (χ4n) is 2.60. The van der Waals surface area contributed by atoms with Gasteiger partial charge in [0.2, 0.25) is 0 Å². The fourth-order valence-corrected chi connectivity index (χ4v) is 3.66. The highest BCUT2D eigenvalue weighted by molar-refractivity contribution is 8.18. The Balaban J connectivity index is 1.84. The van der Waals surface area contributed by atoms with Crippen molar-refractivity contribution in [3.63, 3.8) is 0 Å². The molecule has 1 heterocycles. The van der Waals surface area contributed by atoms with E-state index in [9.17, 15) is 14.0 Å². The van der Waals surface area contributed by atoms with Gasteiger partial charge >= 0.3 is 0 Å². The Kier molecular flexibility index (Phi) is 6.42. The van der Waals surface area contributed by atoms with Crippen molar-refractivity contribution < 1.29 is 18.7 Å². The summed E-state index contributed by atoms with van der Waals surface area (Å²) >= 11 is 6.89. The predicted molar refractivity (Wildman–Crippen MR) is 110 cm³/mol. The average Bonchev–Trinajstić information content (AvgIpc) is 2.92. The molecule has 0 N–H and O–H groups in total. The molecule has 4 nitrogen and oxygen atoms in total. The van der Waals surface area contributed by atoms with Gasteiger partial charge < -0.3 is 4.74 Å². The number of thioether (sulfide) groups is 1. The highest BCUT2D eigenvalue weighted by atomic mass is 35.5. The van der Waals surface area contributed by atoms with Gasteiger partial charge in [0, 0.05) is 10.6 Å². The van der Waals surface area contributed by atoms with Gasteiger partial charge in [0.15, 0.2) is 0 Å². The van der Waals surface area contributed by atoms with Crippen LogP contribution in [-0.2, 0) is 11.3 Å². The van der Waals surface area contributed by atoms with Gasteiger partial charge in [-0.15, -0.1) is 0 Å². The Morgan fingerprint density at radius 1 is 1.25 bits per heavy atom. The Morgan fingerprint density at radius 3 is 2.71 bits per heavy atom. The summed E-state index contributed by atoms with van der Waals surface area (Å²) in [5.41, 5.74) is 1.24. The molecule has 1 atom stereocenters. The summed E-state index contributed by atoms with van der Waals surface area (Å²) in [7, 11) is 0. The van der Waals surface area contributed by atoms with E-state index in [0.29, 0.717) is 16.2 Å². The Bertz CT molecular complexity index is 947. The number of hydrogen-bond acceptors (Lipinski definition) is 4. The van der Waals surface area contributed by atoms with Crippen LogP contribution in [0.2, 0.25) is 5.02 Å². The minimum absolute atomic E-state index is 0.00780. The van der Waals surface area contributed by atoms with E-state index in [1.807, 2.05) is 38.1 Å². The molecule has 146 valence electrons. The normalized spacial score (nSPS) is 16.7. The van der Waals surface area contributed by atoms with Gasteiger partial charge in [0.25, 0.3) is 11.1 Å². The molecule has 1 fully saturated rings. The molecule has 3 rings (SSSR count). The van der Waals surface area contributed by atoms with Crippen LogP contribution in [0.1, 0.15) is 31.4 Å². The Hall–Kier alpha value is -2.31. The second kappa shape index (κ2) is 8.80. The molecule has 28 heavy (non-hydrogen) atoms. The first-order valence-electron chi connectivity index (χ1n) is 8.84. The molecule has 0 saturated carbocycles. The second-order valence-corrected chi connectivity index (χ2v) is 7.78. The number of para-hydroxylation sites is 1. The summed E-state index contributed by atoms with van der Waals surface area (Å²) in [5, 5.41) is -0.215. The van der Waals surface area contributed by atoms with Crippen LogP contribution in [0.3, 0.4) is 0 Å². The van der Waals surface area contributed by atoms with Gasteiger partial charge in [0.05, 0.1) is 17.6 Å². The van der Waals surface area contributed by atoms with Crippen molar-refractivity contribution in [1.82, 2.24) is 4.90 Å². The number of benzene rings is 2. The first-order valence-corrected chi connectivity index (χ1v) is 10.0. The molecule has 0 unspecified atom stereocenters. The number of hydrogen-bond donors (Lipinski definition) is 0. The third kappa shape index (κ3) is 4.56. The highest BCUT2D eigenvalue weighted by Gasteiger charge is 2.35. The highest BCUT2D eigenvalue weighted by Crippen LogP contribution is 2.35. The minimum Gasteiger partial charge on any atom is -0.490 e. The van der Waals surface area contributed by atoms with Crippen LogP contribution in [0.25, 0.3) is 6.08 Å². The fraction of sp³-hybridized carbons (Fsp3) is 0.238. The maximum Gasteiger partial charge on any atom is 0.293 e. The van der Waals surface area contributed by atoms with E-state index in [1.54, 1.807) is 6.08 Å². The monoisotopic (exact) mass is 419 g/mol. The van der Waals surface area contributed by atoms with Crippen LogP contribution in [0.15, 0.2) is 47.4 Å². The molecule has 2 aromatic carbocycles. The Morgan fingerprint density at radius 2 is 2.00 bits per heavy atom. The van der Waals surface area contributed by atoms with E-state index in [0.717, 1.165) is 34.7 Å². The van der Waals surface area contributed by atoms with Crippen molar-refractivity contribution in [3.8, 4) is 5.75 Å². The minimum atomic E-state index is -0.472. The largest absolute Gasteiger partial charge is 0.490 e. The number of imide groups is 1. The average molecular weight is 420 g/mol. The molecule has 0 bridgehead atoms. The van der Waals surface area contributed by atoms with Gasteiger partial charge in [-0.05, 0) is 54.9 Å². The lowest BCUT2D eigenvalue weighted by atomic mass is 10.1. The van der Waals surface area contributed by atoms with Crippen LogP contribution < -0.4 is 4.74 Å². The van der Waals surface area contributed by atoms with E-state index < -0.39 is 17.0 Å². The van der Waals surface area contributed by atoms with Crippen molar-refractivity contribution >= 4 is 40.6 Å². The van der Waals surface area contributed by atoms with E-state index >= 15 is 0 Å². The number of nitrogens with zero attached hydrogens (tertiary/aromatic N) is 1. The molecule has 0 spiro atoms. The SMILES string of the molecule is CC[C@@H](C)Oc1ccccc1/C=C1/SC(=O)N(Cc2ccc(F)cc2Cl)C1=O. The molecule has 0 aliphatic carbocycles. The lowest BCUT2D eigenvalue weighted by molar-refractivity contribution is -0.123. The zero-order chi connectivity index (χ0) is 20.3. The van der Waals surface area contributed by atoms with Gasteiger partial charge in [-0.2, -0.15) is 0 Å². The van der Waals surface area contributed by atoms with Gasteiger partial charge in [-0.3, -0.25) is 14.5 Å². The van der Waals surface area contributed by atoms with E-state index in [-0.39, 0.29) is 17.7 Å². The van der Waals surface area contributed by atoms with Crippen molar-refractivity contribution in [2.45, 2.75) is 32.9 Å². The Labute approximate surface area is 172 Å². The number of rotatable bonds is 6. The molecule has 0 aromatic heterocycles. The van der Waals surface area contributed by atoms with E-state index in [4.69, 9.17) is 16.3 Å². The number of amides is 2. The first-order chi connectivity index (χ1) is 13.4. The molecule has 1 aliphatic rings. The summed E-state index contributed by atoms with van der Waals surface area (Å²) in [6, 6.07) is 11.3. The zero-order valence-corrected chi connectivity index (χ0v) is 17.0. The van der Waals surface area contributed by atoms with Crippen LogP contribution in [0.4, 0.5) is 9.18 Å². The van der Waals surface area contributed by atoms with E-state index in [2.05, 4.69) is 0 Å². The molecule has 7 heteroatoms. The van der Waals surface area contributed by atoms with Crippen molar-refractivity contribution in [1.29, 1.82) is 0 Å². The summed E-state index contributed by atoms with van der Waals surface area (Å²) in [4.78, 5) is 26.5. The lowest BCUT2D eigenvalue weighted by Crippen LogP contribution is -2.27. The van der Waals surface area contributed by atoms with Crippen LogP contribution in [0.5, 0.6) is 5.75 Å². The molecule has 2 amide bonds. The second-order valence-electron chi connectivity index (χ2n) is 6.38. The molecular formula is C21H19ClFNO3S. The van der Waals surface area contributed by atoms with E-state index in [1.165, 1.54) is 12.1 Å². The quantitative estimate of drug-likeness (QED) is 0.547. The summed E-state index contributed by atoms with van der Waals surface area (Å²) in [6.07, 6.45) is 2.54. The maximum absolute atomic E-state index is 13.2. The lowest BCUT2D eigenvalue weighted by Gasteiger charge is -2.15. The standard InChI is InChI=1S/C21H19ClFNO3S/c1-3-13(2)27-18-7-5-4-6-14(18)10-19-20(25)24(21(26)28-19)12-15-8-9-16(23)11-17(15)22/h4-11,13H,3,12H2,1-2H3/b19-10+/t13-/m1/s1. The van der Waals surface area contributed by atoms with Crippen molar-refractivity contribution in [3.05, 3.63) is 69.3 Å². The molecule has 2 aromatic rings. The number of carbonyl (C=O) groups is 2. The van der Waals surface area contributed by atoms with Crippen molar-refractivity contribution in [2.75, 3.05) is 0 Å². The van der Waals surface area contributed by atoms with Gasteiger partial charge in [-0.25, -0.2) is 4.39 Å². The number of halogens is 2. The smallest absolute Gasteiger partial charge is 0.293 e. The number of ether oxygens (including phenoxy) is 1. The topological polar surface area (TPSA) is 46.6 Å². The maximum atomic E-state index is 13.2. The molecule has 0 radical (unpaired) electrons. The molecule has 1 saturated heterocycles. The van der Waals surface area contributed by atoms with Crippen LogP contribution in [0, 0.1) is 5.82 Å². The summed E-state index contributed by atoms with van der Waals surface area (Å²) in [6.45, 7) is 3.99.